The Hall–Kier alpha value is -4.53. The van der Waals surface area contributed by atoms with Crippen molar-refractivity contribution < 1.29 is 19.3 Å². The number of benzene rings is 2. The van der Waals surface area contributed by atoms with Crippen LogP contribution in [0.25, 0.3) is 11.8 Å². The van der Waals surface area contributed by atoms with Gasteiger partial charge in [0, 0.05) is 23.0 Å². The van der Waals surface area contributed by atoms with Gasteiger partial charge in [0.15, 0.2) is 0 Å². The minimum absolute atomic E-state index is 0.0000125. The molecule has 1 N–H and O–H groups in total. The van der Waals surface area contributed by atoms with Crippen LogP contribution in [0.15, 0.2) is 54.1 Å². The summed E-state index contributed by atoms with van der Waals surface area (Å²) in [7, 11) is 0. The van der Waals surface area contributed by atoms with E-state index < -0.39 is 22.8 Å². The fraction of sp³-hybridized carbons (Fsp3) is 0.192. The predicted molar refractivity (Wildman–Crippen MR) is 131 cm³/mol. The minimum atomic E-state index is -0.807. The van der Waals surface area contributed by atoms with Crippen molar-refractivity contribution in [2.45, 2.75) is 34.1 Å². The molecule has 178 valence electrons. The lowest BCUT2D eigenvalue weighted by atomic mass is 10.1. The Morgan fingerprint density at radius 1 is 0.971 bits per heavy atom. The zero-order valence-electron chi connectivity index (χ0n) is 19.8. The highest BCUT2D eigenvalue weighted by Crippen LogP contribution is 2.28. The summed E-state index contributed by atoms with van der Waals surface area (Å²) < 4.78 is 1.82. The van der Waals surface area contributed by atoms with Crippen LogP contribution in [0.2, 0.25) is 0 Å². The van der Waals surface area contributed by atoms with Gasteiger partial charge < -0.3 is 4.57 Å². The Balaban J connectivity index is 1.75. The average molecular weight is 473 g/mol. The van der Waals surface area contributed by atoms with E-state index in [1.807, 2.05) is 30.5 Å². The maximum Gasteiger partial charge on any atom is 0.335 e. The van der Waals surface area contributed by atoms with Crippen LogP contribution in [0.4, 0.5) is 16.2 Å². The van der Waals surface area contributed by atoms with Crippen LogP contribution in [0.5, 0.6) is 0 Å². The first-order valence-corrected chi connectivity index (χ1v) is 11.1. The Labute approximate surface area is 201 Å². The highest BCUT2D eigenvalue weighted by molar-refractivity contribution is 6.39. The zero-order chi connectivity index (χ0) is 25.4. The van der Waals surface area contributed by atoms with E-state index in [2.05, 4.69) is 5.32 Å². The number of anilines is 1. The number of aryl methyl sites for hydroxylation is 3. The van der Waals surface area contributed by atoms with Gasteiger partial charge in [0.1, 0.15) is 5.57 Å². The molecule has 0 radical (unpaired) electrons. The fourth-order valence-corrected chi connectivity index (χ4v) is 4.19. The third-order valence-electron chi connectivity index (χ3n) is 6.12. The van der Waals surface area contributed by atoms with Crippen molar-refractivity contribution in [3.8, 4) is 5.69 Å². The third-order valence-corrected chi connectivity index (χ3v) is 6.12. The summed E-state index contributed by atoms with van der Waals surface area (Å²) in [5.74, 6) is -1.50. The number of nitro benzene ring substituents is 1. The molecule has 0 spiro atoms. The largest absolute Gasteiger partial charge is 0.335 e. The van der Waals surface area contributed by atoms with Gasteiger partial charge in [-0.2, -0.15) is 0 Å². The van der Waals surface area contributed by atoms with Crippen LogP contribution in [-0.4, -0.2) is 27.3 Å². The maximum atomic E-state index is 13.2. The number of aromatic nitrogens is 1. The van der Waals surface area contributed by atoms with Crippen LogP contribution in [0, 0.1) is 30.9 Å². The van der Waals surface area contributed by atoms with Gasteiger partial charge in [0.05, 0.1) is 16.3 Å². The number of rotatable bonds is 5. The number of carbonyl (C=O) groups excluding carboxylic acids is 3. The van der Waals surface area contributed by atoms with Gasteiger partial charge in [-0.25, -0.2) is 9.69 Å². The topological polar surface area (TPSA) is 115 Å². The molecular formula is C26H24N4O5. The molecule has 1 aliphatic rings. The standard InChI is InChI=1S/C26H24N4O5/c1-5-18-7-10-20(11-8-18)29-25(32)22(24(31)27-26(29)33)13-19-12-16(3)28(17(19)4)21-9-6-15(2)23(14-21)30(34)35/h6-14H,5H2,1-4H3,(H,27,31,33)/b22-13+. The average Bonchev–Trinajstić information content (AvgIpc) is 3.10. The molecule has 9 nitrogen and oxygen atoms in total. The minimum Gasteiger partial charge on any atom is -0.318 e. The van der Waals surface area contributed by atoms with E-state index in [-0.39, 0.29) is 11.3 Å². The van der Waals surface area contributed by atoms with Crippen molar-refractivity contribution >= 4 is 35.3 Å². The van der Waals surface area contributed by atoms with Gasteiger partial charge in [-0.1, -0.05) is 25.1 Å². The molecule has 1 saturated heterocycles. The number of nitrogens with one attached hydrogen (secondary N) is 1. The molecule has 0 atom stereocenters. The predicted octanol–water partition coefficient (Wildman–Crippen LogP) is 4.54. The maximum absolute atomic E-state index is 13.2. The van der Waals surface area contributed by atoms with E-state index in [0.717, 1.165) is 22.6 Å². The quantitative estimate of drug-likeness (QED) is 0.253. The van der Waals surface area contributed by atoms with E-state index in [1.54, 1.807) is 44.2 Å². The summed E-state index contributed by atoms with van der Waals surface area (Å²) in [5, 5.41) is 13.6. The summed E-state index contributed by atoms with van der Waals surface area (Å²) in [6, 6.07) is 12.9. The molecule has 4 rings (SSSR count). The van der Waals surface area contributed by atoms with E-state index in [9.17, 15) is 24.5 Å². The van der Waals surface area contributed by atoms with Crippen molar-refractivity contribution in [3.63, 3.8) is 0 Å². The SMILES string of the molecule is CCc1ccc(N2C(=O)NC(=O)/C(=C\c3cc(C)n(-c4ccc(C)c([N+](=O)[O-])c4)c3C)C2=O)cc1. The number of urea groups is 1. The van der Waals surface area contributed by atoms with Gasteiger partial charge in [0.25, 0.3) is 17.5 Å². The molecule has 0 bridgehead atoms. The number of nitro groups is 1. The molecule has 1 aromatic heterocycles. The number of nitrogens with zero attached hydrogens (tertiary/aromatic N) is 3. The fourth-order valence-electron chi connectivity index (χ4n) is 4.19. The van der Waals surface area contributed by atoms with E-state index >= 15 is 0 Å². The van der Waals surface area contributed by atoms with Crippen molar-refractivity contribution in [1.29, 1.82) is 0 Å². The zero-order valence-corrected chi connectivity index (χ0v) is 19.8. The second-order valence-corrected chi connectivity index (χ2v) is 8.37. The van der Waals surface area contributed by atoms with E-state index in [1.165, 1.54) is 12.1 Å². The molecule has 0 saturated carbocycles. The molecule has 2 heterocycles. The van der Waals surface area contributed by atoms with Gasteiger partial charge >= 0.3 is 6.03 Å². The Morgan fingerprint density at radius 2 is 1.63 bits per heavy atom. The lowest BCUT2D eigenvalue weighted by Gasteiger charge is -2.26. The summed E-state index contributed by atoms with van der Waals surface area (Å²) >= 11 is 0. The Bertz CT molecular complexity index is 1420. The van der Waals surface area contributed by atoms with Crippen molar-refractivity contribution in [3.05, 3.63) is 92.3 Å². The summed E-state index contributed by atoms with van der Waals surface area (Å²) in [6.07, 6.45) is 2.25. The Morgan fingerprint density at radius 3 is 2.26 bits per heavy atom. The number of imide groups is 2. The second-order valence-electron chi connectivity index (χ2n) is 8.37. The molecule has 0 unspecified atom stereocenters. The van der Waals surface area contributed by atoms with Gasteiger partial charge in [-0.15, -0.1) is 0 Å². The van der Waals surface area contributed by atoms with Crippen molar-refractivity contribution in [2.24, 2.45) is 0 Å². The molecule has 3 aromatic rings. The van der Waals surface area contributed by atoms with E-state index in [0.29, 0.717) is 28.2 Å². The molecule has 9 heteroatoms. The molecule has 2 aromatic carbocycles. The van der Waals surface area contributed by atoms with E-state index in [4.69, 9.17) is 0 Å². The number of barbiturate groups is 1. The molecule has 35 heavy (non-hydrogen) atoms. The first-order valence-electron chi connectivity index (χ1n) is 11.1. The van der Waals surface area contributed by atoms with Crippen LogP contribution in [0.1, 0.15) is 35.0 Å². The lowest BCUT2D eigenvalue weighted by molar-refractivity contribution is -0.385. The molecule has 4 amide bonds. The van der Waals surface area contributed by atoms with Crippen molar-refractivity contribution in [2.75, 3.05) is 4.90 Å². The number of hydrogen-bond acceptors (Lipinski definition) is 5. The van der Waals surface area contributed by atoms with Crippen molar-refractivity contribution in [1.82, 2.24) is 9.88 Å². The van der Waals surface area contributed by atoms with Crippen LogP contribution in [-0.2, 0) is 16.0 Å². The molecule has 1 aliphatic heterocycles. The Kier molecular flexibility index (Phi) is 6.09. The normalized spacial score (nSPS) is 15.0. The number of hydrogen-bond donors (Lipinski definition) is 1. The first kappa shape index (κ1) is 23.6. The van der Waals surface area contributed by atoms with Crippen LogP contribution in [0.3, 0.4) is 0 Å². The summed E-state index contributed by atoms with van der Waals surface area (Å²) in [5.41, 5.74) is 4.40. The smallest absolute Gasteiger partial charge is 0.318 e. The van der Waals surface area contributed by atoms with Crippen LogP contribution < -0.4 is 10.2 Å². The first-order chi connectivity index (χ1) is 16.6. The number of amides is 4. The molecule has 1 fully saturated rings. The highest BCUT2D eigenvalue weighted by atomic mass is 16.6. The van der Waals surface area contributed by atoms with Gasteiger partial charge in [-0.3, -0.25) is 25.0 Å². The summed E-state index contributed by atoms with van der Waals surface area (Å²) in [6.45, 7) is 7.29. The monoisotopic (exact) mass is 472 g/mol. The summed E-state index contributed by atoms with van der Waals surface area (Å²) in [4.78, 5) is 50.2. The molecule has 0 aliphatic carbocycles. The third kappa shape index (κ3) is 4.23. The number of carbonyl (C=O) groups is 3. The van der Waals surface area contributed by atoms with Gasteiger partial charge in [0.2, 0.25) is 0 Å². The highest BCUT2D eigenvalue weighted by Gasteiger charge is 2.37. The molecular weight excluding hydrogens is 448 g/mol. The van der Waals surface area contributed by atoms with Crippen LogP contribution >= 0.6 is 0 Å². The lowest BCUT2D eigenvalue weighted by Crippen LogP contribution is -2.54. The second kappa shape index (κ2) is 9.02. The van der Waals surface area contributed by atoms with Gasteiger partial charge in [-0.05, 0) is 68.7 Å².